The number of aromatic nitrogens is 1. The Bertz CT molecular complexity index is 686. The maximum atomic E-state index is 10.8. The number of halogens is 2. The van der Waals surface area contributed by atoms with Gasteiger partial charge >= 0.3 is 5.97 Å². The van der Waals surface area contributed by atoms with Crippen LogP contribution in [0.4, 0.5) is 0 Å². The molecule has 0 saturated heterocycles. The molecule has 96 valence electrons. The van der Waals surface area contributed by atoms with Crippen molar-refractivity contribution in [1.29, 1.82) is 5.26 Å². The zero-order chi connectivity index (χ0) is 14.0. The molecule has 1 aromatic heterocycles. The minimum Gasteiger partial charge on any atom is -0.480 e. The van der Waals surface area contributed by atoms with Crippen LogP contribution in [-0.2, 0) is 11.3 Å². The van der Waals surface area contributed by atoms with Gasteiger partial charge in [0.1, 0.15) is 12.6 Å². The van der Waals surface area contributed by atoms with Gasteiger partial charge in [0.05, 0.1) is 21.3 Å². The van der Waals surface area contributed by atoms with Crippen molar-refractivity contribution in [3.05, 3.63) is 46.1 Å². The highest BCUT2D eigenvalue weighted by Gasteiger charge is 2.14. The first-order valence-corrected chi connectivity index (χ1v) is 6.05. The minimum absolute atomic E-state index is 0.225. The second-order valence-electron chi connectivity index (χ2n) is 3.84. The van der Waals surface area contributed by atoms with E-state index >= 15 is 0 Å². The normalized spacial score (nSPS) is 10.2. The number of hydrogen-bond acceptors (Lipinski definition) is 2. The van der Waals surface area contributed by atoms with Gasteiger partial charge in [-0.15, -0.1) is 0 Å². The Balaban J connectivity index is 2.59. The zero-order valence-electron chi connectivity index (χ0n) is 9.60. The lowest BCUT2D eigenvalue weighted by Crippen LogP contribution is -2.09. The molecule has 0 aliphatic rings. The summed E-state index contributed by atoms with van der Waals surface area (Å²) >= 11 is 11.8. The third kappa shape index (κ3) is 2.73. The van der Waals surface area contributed by atoms with Gasteiger partial charge in [-0.25, -0.2) is 0 Å². The molecule has 0 amide bonds. The fourth-order valence-corrected chi connectivity index (χ4v) is 2.10. The van der Waals surface area contributed by atoms with Gasteiger partial charge in [-0.2, -0.15) is 5.26 Å². The van der Waals surface area contributed by atoms with E-state index in [0.717, 1.165) is 0 Å². The van der Waals surface area contributed by atoms with E-state index in [-0.39, 0.29) is 6.54 Å². The van der Waals surface area contributed by atoms with E-state index in [0.29, 0.717) is 26.9 Å². The molecule has 4 nitrogen and oxygen atoms in total. The van der Waals surface area contributed by atoms with Crippen molar-refractivity contribution in [2.24, 2.45) is 0 Å². The standard InChI is InChI=1S/C13H8Cl2N2O2/c14-10-2-1-8(5-11(10)15)13-9(6-16)3-4-17(13)7-12(18)19/h1-5H,7H2,(H,18,19). The van der Waals surface area contributed by atoms with E-state index in [9.17, 15) is 4.79 Å². The van der Waals surface area contributed by atoms with Crippen molar-refractivity contribution in [1.82, 2.24) is 4.57 Å². The molecule has 2 rings (SSSR count). The Labute approximate surface area is 119 Å². The Morgan fingerprint density at radius 1 is 1.32 bits per heavy atom. The molecule has 0 radical (unpaired) electrons. The summed E-state index contributed by atoms with van der Waals surface area (Å²) in [6.07, 6.45) is 1.56. The van der Waals surface area contributed by atoms with Crippen LogP contribution in [0.25, 0.3) is 11.3 Å². The van der Waals surface area contributed by atoms with Crippen LogP contribution in [0.15, 0.2) is 30.5 Å². The van der Waals surface area contributed by atoms with Crippen LogP contribution in [0, 0.1) is 11.3 Å². The Hall–Kier alpha value is -1.96. The predicted molar refractivity (Wildman–Crippen MR) is 72.2 cm³/mol. The maximum absolute atomic E-state index is 10.8. The fourth-order valence-electron chi connectivity index (χ4n) is 1.81. The SMILES string of the molecule is N#Cc1ccn(CC(=O)O)c1-c1ccc(Cl)c(Cl)c1. The number of aliphatic carboxylic acids is 1. The first-order chi connectivity index (χ1) is 9.02. The molecule has 1 heterocycles. The van der Waals surface area contributed by atoms with Crippen molar-refractivity contribution in [2.75, 3.05) is 0 Å². The Morgan fingerprint density at radius 3 is 2.63 bits per heavy atom. The molecule has 6 heteroatoms. The molecule has 2 aromatic rings. The smallest absolute Gasteiger partial charge is 0.323 e. The molecular formula is C13H8Cl2N2O2. The molecule has 0 fully saturated rings. The van der Waals surface area contributed by atoms with E-state index in [1.807, 2.05) is 6.07 Å². The summed E-state index contributed by atoms with van der Waals surface area (Å²) < 4.78 is 1.49. The molecular weight excluding hydrogens is 287 g/mol. The molecule has 0 bridgehead atoms. The molecule has 19 heavy (non-hydrogen) atoms. The van der Waals surface area contributed by atoms with Gasteiger partial charge in [0.15, 0.2) is 0 Å². The van der Waals surface area contributed by atoms with E-state index in [4.69, 9.17) is 33.6 Å². The van der Waals surface area contributed by atoms with Crippen LogP contribution in [0.2, 0.25) is 10.0 Å². The van der Waals surface area contributed by atoms with Gasteiger partial charge in [-0.1, -0.05) is 29.3 Å². The Kier molecular flexibility index (Phi) is 3.79. The number of nitriles is 1. The summed E-state index contributed by atoms with van der Waals surface area (Å²) in [7, 11) is 0. The second kappa shape index (κ2) is 5.35. The van der Waals surface area contributed by atoms with Gasteiger partial charge in [-0.05, 0) is 18.2 Å². The summed E-state index contributed by atoms with van der Waals surface area (Å²) in [5.41, 5.74) is 1.56. The Morgan fingerprint density at radius 2 is 2.05 bits per heavy atom. The summed E-state index contributed by atoms with van der Waals surface area (Å²) in [6, 6.07) is 8.52. The monoisotopic (exact) mass is 294 g/mol. The number of benzene rings is 1. The highest BCUT2D eigenvalue weighted by Crippen LogP contribution is 2.30. The van der Waals surface area contributed by atoms with Crippen LogP contribution < -0.4 is 0 Å². The van der Waals surface area contributed by atoms with E-state index in [1.54, 1.807) is 30.5 Å². The van der Waals surface area contributed by atoms with Crippen molar-refractivity contribution >= 4 is 29.2 Å². The summed E-state index contributed by atoms with van der Waals surface area (Å²) in [4.78, 5) is 10.8. The highest BCUT2D eigenvalue weighted by molar-refractivity contribution is 6.42. The number of carboxylic acid groups (broad SMARTS) is 1. The average Bonchev–Trinajstić information content (AvgIpc) is 2.74. The van der Waals surface area contributed by atoms with Crippen LogP contribution in [0.5, 0.6) is 0 Å². The first kappa shape index (κ1) is 13.5. The molecule has 0 unspecified atom stereocenters. The lowest BCUT2D eigenvalue weighted by Gasteiger charge is -2.08. The molecule has 0 aliphatic carbocycles. The van der Waals surface area contributed by atoms with Gasteiger partial charge in [0, 0.05) is 11.8 Å². The molecule has 0 saturated carbocycles. The van der Waals surface area contributed by atoms with Crippen molar-refractivity contribution < 1.29 is 9.90 Å². The van der Waals surface area contributed by atoms with Crippen LogP contribution in [0.1, 0.15) is 5.56 Å². The molecule has 1 N–H and O–H groups in total. The largest absolute Gasteiger partial charge is 0.480 e. The number of nitrogens with zero attached hydrogens (tertiary/aromatic N) is 2. The van der Waals surface area contributed by atoms with Gasteiger partial charge < -0.3 is 9.67 Å². The average molecular weight is 295 g/mol. The number of carbonyl (C=O) groups is 1. The third-order valence-electron chi connectivity index (χ3n) is 2.58. The van der Waals surface area contributed by atoms with Gasteiger partial charge in [0.25, 0.3) is 0 Å². The zero-order valence-corrected chi connectivity index (χ0v) is 11.1. The molecule has 0 spiro atoms. The van der Waals surface area contributed by atoms with Crippen LogP contribution in [0.3, 0.4) is 0 Å². The van der Waals surface area contributed by atoms with Gasteiger partial charge in [-0.3, -0.25) is 4.79 Å². The topological polar surface area (TPSA) is 66.0 Å². The van der Waals surface area contributed by atoms with E-state index in [1.165, 1.54) is 4.57 Å². The van der Waals surface area contributed by atoms with Crippen LogP contribution in [-0.4, -0.2) is 15.6 Å². The molecule has 0 aliphatic heterocycles. The molecule has 0 atom stereocenters. The fraction of sp³-hybridized carbons (Fsp3) is 0.0769. The molecule has 1 aromatic carbocycles. The van der Waals surface area contributed by atoms with E-state index in [2.05, 4.69) is 0 Å². The second-order valence-corrected chi connectivity index (χ2v) is 4.65. The van der Waals surface area contributed by atoms with Crippen molar-refractivity contribution in [3.8, 4) is 17.3 Å². The summed E-state index contributed by atoms with van der Waals surface area (Å²) in [6.45, 7) is -0.225. The first-order valence-electron chi connectivity index (χ1n) is 5.29. The predicted octanol–water partition coefficient (Wildman–Crippen LogP) is 3.42. The van der Waals surface area contributed by atoms with Crippen molar-refractivity contribution in [3.63, 3.8) is 0 Å². The summed E-state index contributed by atoms with van der Waals surface area (Å²) in [5.74, 6) is -0.985. The van der Waals surface area contributed by atoms with Gasteiger partial charge in [0.2, 0.25) is 0 Å². The summed E-state index contributed by atoms with van der Waals surface area (Å²) in [5, 5.41) is 18.7. The lowest BCUT2D eigenvalue weighted by atomic mass is 10.1. The number of carboxylic acids is 1. The minimum atomic E-state index is -0.985. The highest BCUT2D eigenvalue weighted by atomic mass is 35.5. The quantitative estimate of drug-likeness (QED) is 0.943. The maximum Gasteiger partial charge on any atom is 0.323 e. The number of hydrogen-bond donors (Lipinski definition) is 1. The van der Waals surface area contributed by atoms with Crippen LogP contribution >= 0.6 is 23.2 Å². The third-order valence-corrected chi connectivity index (χ3v) is 3.32. The van der Waals surface area contributed by atoms with Crippen molar-refractivity contribution in [2.45, 2.75) is 6.54 Å². The number of rotatable bonds is 3. The van der Waals surface area contributed by atoms with E-state index < -0.39 is 5.97 Å². The lowest BCUT2D eigenvalue weighted by molar-refractivity contribution is -0.137.